The summed E-state index contributed by atoms with van der Waals surface area (Å²) in [7, 11) is 0. The van der Waals surface area contributed by atoms with Crippen LogP contribution < -0.4 is 11.1 Å². The monoisotopic (exact) mass is 462 g/mol. The Bertz CT molecular complexity index is 981. The van der Waals surface area contributed by atoms with Gasteiger partial charge in [-0.3, -0.25) is 4.90 Å². The molecule has 1 aromatic carbocycles. The van der Waals surface area contributed by atoms with Gasteiger partial charge in [0.25, 0.3) is 0 Å². The van der Waals surface area contributed by atoms with Gasteiger partial charge in [-0.05, 0) is 44.5 Å². The average molecular weight is 463 g/mol. The zero-order valence-corrected chi connectivity index (χ0v) is 19.1. The first-order valence-electron chi connectivity index (χ1n) is 10.2. The van der Waals surface area contributed by atoms with Crippen molar-refractivity contribution in [3.8, 4) is 11.4 Å². The van der Waals surface area contributed by atoms with Crippen molar-refractivity contribution < 1.29 is 19.1 Å². The summed E-state index contributed by atoms with van der Waals surface area (Å²) in [6.45, 7) is 6.96. The van der Waals surface area contributed by atoms with E-state index in [9.17, 15) is 9.59 Å². The number of nitrogens with one attached hydrogen (secondary N) is 1. The Hall–Kier alpha value is -2.98. The number of morpholine rings is 1. The molecule has 1 aromatic heterocycles. The van der Waals surface area contributed by atoms with Crippen LogP contribution in [0.2, 0.25) is 5.02 Å². The molecule has 0 unspecified atom stereocenters. The van der Waals surface area contributed by atoms with Crippen molar-refractivity contribution in [2.45, 2.75) is 38.8 Å². The minimum absolute atomic E-state index is 0.0292. The summed E-state index contributed by atoms with van der Waals surface area (Å²) in [6.07, 6.45) is 0.688. The number of ether oxygens (including phenoxy) is 2. The zero-order chi connectivity index (χ0) is 23.3. The number of nitrogens with zero attached hydrogens (tertiary/aromatic N) is 4. The Kier molecular flexibility index (Phi) is 7.47. The van der Waals surface area contributed by atoms with Crippen LogP contribution in [-0.2, 0) is 14.3 Å². The van der Waals surface area contributed by atoms with Crippen molar-refractivity contribution in [1.82, 2.24) is 19.9 Å². The van der Waals surface area contributed by atoms with Gasteiger partial charge in [0, 0.05) is 30.1 Å². The fraction of sp³-hybridized carbons (Fsp3) is 0.476. The third-order valence-corrected chi connectivity index (χ3v) is 4.74. The number of rotatable bonds is 6. The third kappa shape index (κ3) is 6.27. The van der Waals surface area contributed by atoms with Crippen molar-refractivity contribution in [3.63, 3.8) is 0 Å². The molecular formula is C21H27ClN6O4. The summed E-state index contributed by atoms with van der Waals surface area (Å²) in [5.41, 5.74) is 6.59. The topological polar surface area (TPSA) is 133 Å². The number of aldehydes is 1. The SMILES string of the molecule is CC(C)(C)OC(=O)N1CCOC[C@H]1c1cc(Cl)cc(-c2nc(N)nc(NCCC=O)n2)c1. The molecule has 11 heteroatoms. The van der Waals surface area contributed by atoms with Gasteiger partial charge in [0.1, 0.15) is 11.9 Å². The van der Waals surface area contributed by atoms with Gasteiger partial charge in [0.2, 0.25) is 11.9 Å². The van der Waals surface area contributed by atoms with E-state index in [1.54, 1.807) is 17.0 Å². The predicted molar refractivity (Wildman–Crippen MR) is 120 cm³/mol. The first-order chi connectivity index (χ1) is 15.2. The van der Waals surface area contributed by atoms with E-state index >= 15 is 0 Å². The van der Waals surface area contributed by atoms with Crippen LogP contribution >= 0.6 is 11.6 Å². The number of amides is 1. The van der Waals surface area contributed by atoms with Gasteiger partial charge in [0.15, 0.2) is 5.82 Å². The summed E-state index contributed by atoms with van der Waals surface area (Å²) in [6, 6.07) is 4.93. The number of aromatic nitrogens is 3. The molecule has 1 fully saturated rings. The second-order valence-corrected chi connectivity index (χ2v) is 8.70. The number of carbonyl (C=O) groups is 2. The second kappa shape index (κ2) is 10.1. The predicted octanol–water partition coefficient (Wildman–Crippen LogP) is 3.08. The molecule has 1 aliphatic heterocycles. The molecule has 0 bridgehead atoms. The molecule has 1 aliphatic rings. The van der Waals surface area contributed by atoms with E-state index in [0.29, 0.717) is 49.1 Å². The second-order valence-electron chi connectivity index (χ2n) is 8.26. The molecule has 1 saturated heterocycles. The van der Waals surface area contributed by atoms with Crippen molar-refractivity contribution in [3.05, 3.63) is 28.8 Å². The molecule has 3 N–H and O–H groups in total. The highest BCUT2D eigenvalue weighted by Gasteiger charge is 2.32. The van der Waals surface area contributed by atoms with Crippen LogP contribution in [0.25, 0.3) is 11.4 Å². The molecule has 172 valence electrons. The normalized spacial score (nSPS) is 16.5. The summed E-state index contributed by atoms with van der Waals surface area (Å²) >= 11 is 6.40. The largest absolute Gasteiger partial charge is 0.444 e. The first-order valence-corrected chi connectivity index (χ1v) is 10.6. The van der Waals surface area contributed by atoms with Crippen molar-refractivity contribution in [2.24, 2.45) is 0 Å². The number of hydrogen-bond acceptors (Lipinski definition) is 9. The first kappa shape index (κ1) is 23.7. The molecule has 32 heavy (non-hydrogen) atoms. The Morgan fingerprint density at radius 3 is 2.84 bits per heavy atom. The van der Waals surface area contributed by atoms with Gasteiger partial charge in [-0.25, -0.2) is 4.79 Å². The Labute approximate surface area is 191 Å². The van der Waals surface area contributed by atoms with Gasteiger partial charge >= 0.3 is 6.09 Å². The molecule has 10 nitrogen and oxygen atoms in total. The molecule has 3 rings (SSSR count). The number of halogens is 1. The van der Waals surface area contributed by atoms with Crippen molar-refractivity contribution in [2.75, 3.05) is 37.4 Å². The molecule has 1 amide bonds. The number of hydrogen-bond donors (Lipinski definition) is 2. The average Bonchev–Trinajstić information content (AvgIpc) is 2.72. The molecule has 1 atom stereocenters. The standard InChI is InChI=1S/C21H27ClN6O4/c1-21(2,3)32-20(30)28-6-8-31-12-16(28)13-9-14(11-15(22)10-13)17-25-18(23)27-19(26-17)24-5-4-7-29/h7,9-11,16H,4-6,8,12H2,1-3H3,(H3,23,24,25,26,27)/t16-/m0/s1. The van der Waals surface area contributed by atoms with E-state index in [0.717, 1.165) is 11.8 Å². The van der Waals surface area contributed by atoms with Crippen molar-refractivity contribution >= 4 is 35.9 Å². The van der Waals surface area contributed by atoms with Gasteiger partial charge in [-0.1, -0.05) is 11.6 Å². The van der Waals surface area contributed by atoms with Crippen LogP contribution in [0.4, 0.5) is 16.7 Å². The fourth-order valence-corrected chi connectivity index (χ4v) is 3.44. The third-order valence-electron chi connectivity index (χ3n) is 4.52. The molecule has 2 aromatic rings. The Balaban J connectivity index is 1.92. The Morgan fingerprint density at radius 1 is 1.34 bits per heavy atom. The smallest absolute Gasteiger partial charge is 0.410 e. The summed E-state index contributed by atoms with van der Waals surface area (Å²) in [4.78, 5) is 37.6. The minimum atomic E-state index is -0.616. The summed E-state index contributed by atoms with van der Waals surface area (Å²) < 4.78 is 11.2. The van der Waals surface area contributed by atoms with Gasteiger partial charge in [-0.2, -0.15) is 15.0 Å². The highest BCUT2D eigenvalue weighted by molar-refractivity contribution is 6.31. The quantitative estimate of drug-likeness (QED) is 0.490. The highest BCUT2D eigenvalue weighted by Crippen LogP contribution is 2.32. The van der Waals surface area contributed by atoms with Crippen LogP contribution in [0.15, 0.2) is 18.2 Å². The number of nitrogen functional groups attached to an aromatic ring is 1. The molecule has 0 spiro atoms. The molecule has 0 radical (unpaired) electrons. The molecule has 0 saturated carbocycles. The van der Waals surface area contributed by atoms with Crippen molar-refractivity contribution in [1.29, 1.82) is 0 Å². The molecular weight excluding hydrogens is 436 g/mol. The highest BCUT2D eigenvalue weighted by atomic mass is 35.5. The maximum Gasteiger partial charge on any atom is 0.410 e. The lowest BCUT2D eigenvalue weighted by molar-refractivity contribution is -0.107. The lowest BCUT2D eigenvalue weighted by atomic mass is 10.0. The lowest BCUT2D eigenvalue weighted by Gasteiger charge is -2.37. The van der Waals surface area contributed by atoms with E-state index in [-0.39, 0.29) is 17.9 Å². The maximum atomic E-state index is 12.8. The van der Waals surface area contributed by atoms with E-state index in [4.69, 9.17) is 26.8 Å². The van der Waals surface area contributed by atoms with Crippen LogP contribution in [-0.4, -0.2) is 64.1 Å². The molecule has 0 aliphatic carbocycles. The number of carbonyl (C=O) groups excluding carboxylic acids is 2. The Morgan fingerprint density at radius 2 is 2.12 bits per heavy atom. The summed E-state index contributed by atoms with van der Waals surface area (Å²) in [5, 5.41) is 3.38. The van der Waals surface area contributed by atoms with E-state index < -0.39 is 11.7 Å². The zero-order valence-electron chi connectivity index (χ0n) is 18.3. The van der Waals surface area contributed by atoms with Gasteiger partial charge in [0.05, 0.1) is 19.3 Å². The maximum absolute atomic E-state index is 12.8. The number of nitrogens with two attached hydrogens (primary N) is 1. The van der Waals surface area contributed by atoms with E-state index in [1.165, 1.54) is 0 Å². The summed E-state index contributed by atoms with van der Waals surface area (Å²) in [5.74, 6) is 0.601. The van der Waals surface area contributed by atoms with E-state index in [2.05, 4.69) is 20.3 Å². The number of anilines is 2. The fourth-order valence-electron chi connectivity index (χ4n) is 3.20. The van der Waals surface area contributed by atoms with Crippen LogP contribution in [0.3, 0.4) is 0 Å². The van der Waals surface area contributed by atoms with Crippen LogP contribution in [0.1, 0.15) is 38.8 Å². The van der Waals surface area contributed by atoms with Gasteiger partial charge in [-0.15, -0.1) is 0 Å². The molecule has 2 heterocycles. The van der Waals surface area contributed by atoms with Crippen LogP contribution in [0.5, 0.6) is 0 Å². The minimum Gasteiger partial charge on any atom is -0.444 e. The lowest BCUT2D eigenvalue weighted by Crippen LogP contribution is -2.45. The van der Waals surface area contributed by atoms with E-state index in [1.807, 2.05) is 26.8 Å². The van der Waals surface area contributed by atoms with Gasteiger partial charge < -0.3 is 25.3 Å². The number of benzene rings is 1. The van der Waals surface area contributed by atoms with Crippen LogP contribution in [0, 0.1) is 0 Å².